The van der Waals surface area contributed by atoms with Crippen molar-refractivity contribution >= 4 is 11.9 Å². The second kappa shape index (κ2) is 13.9. The average molecular weight is 535 g/mol. The predicted molar refractivity (Wildman–Crippen MR) is 146 cm³/mol. The summed E-state index contributed by atoms with van der Waals surface area (Å²) in [6.45, 7) is 11.1. The van der Waals surface area contributed by atoms with Crippen molar-refractivity contribution in [2.45, 2.75) is 13.8 Å². The highest BCUT2D eigenvalue weighted by atomic mass is 19.1. The quantitative estimate of drug-likeness (QED) is 0.112. The minimum Gasteiger partial charge on any atom is -0.491 e. The van der Waals surface area contributed by atoms with Crippen molar-refractivity contribution in [3.8, 4) is 39.5 Å². The van der Waals surface area contributed by atoms with Crippen LogP contribution in [-0.4, -0.2) is 45.5 Å². The number of ether oxygens (including phenoxy) is 5. The summed E-state index contributed by atoms with van der Waals surface area (Å²) in [5.74, 6) is -0.839. The van der Waals surface area contributed by atoms with E-state index < -0.39 is 17.8 Å². The van der Waals surface area contributed by atoms with Crippen molar-refractivity contribution in [3.05, 3.63) is 90.8 Å². The van der Waals surface area contributed by atoms with Crippen molar-refractivity contribution in [2.24, 2.45) is 0 Å². The molecule has 0 amide bonds. The molecule has 204 valence electrons. The van der Waals surface area contributed by atoms with Gasteiger partial charge in [-0.05, 0) is 60.4 Å². The van der Waals surface area contributed by atoms with Crippen LogP contribution in [0.5, 0.6) is 17.2 Å². The van der Waals surface area contributed by atoms with Crippen LogP contribution >= 0.6 is 0 Å². The molecule has 0 aliphatic carbocycles. The van der Waals surface area contributed by atoms with E-state index in [0.29, 0.717) is 35.8 Å². The van der Waals surface area contributed by atoms with Gasteiger partial charge >= 0.3 is 11.9 Å². The highest BCUT2D eigenvalue weighted by molar-refractivity contribution is 5.89. The van der Waals surface area contributed by atoms with Gasteiger partial charge in [0.25, 0.3) is 0 Å². The van der Waals surface area contributed by atoms with Crippen LogP contribution in [0.1, 0.15) is 13.8 Å². The van der Waals surface area contributed by atoms with E-state index >= 15 is 0 Å². The van der Waals surface area contributed by atoms with Gasteiger partial charge in [-0.3, -0.25) is 0 Å². The van der Waals surface area contributed by atoms with Crippen LogP contribution in [0.4, 0.5) is 4.39 Å². The molecular formula is C31H31FO7. The van der Waals surface area contributed by atoms with Gasteiger partial charge in [0.05, 0.1) is 6.61 Å². The predicted octanol–water partition coefficient (Wildman–Crippen LogP) is 6.16. The fourth-order valence-corrected chi connectivity index (χ4v) is 3.37. The van der Waals surface area contributed by atoms with E-state index in [1.165, 1.54) is 19.1 Å². The van der Waals surface area contributed by atoms with Gasteiger partial charge < -0.3 is 23.7 Å². The number of benzene rings is 3. The molecule has 0 radical (unpaired) electrons. The molecule has 0 saturated carbocycles. The maximum Gasteiger partial charge on any atom is 0.338 e. The summed E-state index contributed by atoms with van der Waals surface area (Å²) >= 11 is 0. The third-order valence-corrected chi connectivity index (χ3v) is 5.40. The van der Waals surface area contributed by atoms with Gasteiger partial charge in [-0.25, -0.2) is 14.0 Å². The Kier molecular flexibility index (Phi) is 10.4. The lowest BCUT2D eigenvalue weighted by Gasteiger charge is -2.13. The second-order valence-electron chi connectivity index (χ2n) is 8.69. The van der Waals surface area contributed by atoms with Crippen LogP contribution < -0.4 is 14.2 Å². The van der Waals surface area contributed by atoms with Crippen LogP contribution in [0.25, 0.3) is 22.3 Å². The van der Waals surface area contributed by atoms with Gasteiger partial charge in [0, 0.05) is 24.3 Å². The molecule has 0 aliphatic heterocycles. The van der Waals surface area contributed by atoms with Crippen LogP contribution in [0.3, 0.4) is 0 Å². The molecule has 7 nitrogen and oxygen atoms in total. The summed E-state index contributed by atoms with van der Waals surface area (Å²) in [5, 5.41) is 0. The number of halogens is 1. The van der Waals surface area contributed by atoms with Gasteiger partial charge in [0.2, 0.25) is 0 Å². The smallest absolute Gasteiger partial charge is 0.338 e. The lowest BCUT2D eigenvalue weighted by atomic mass is 10.00. The van der Waals surface area contributed by atoms with Crippen molar-refractivity contribution in [1.82, 2.24) is 0 Å². The first-order chi connectivity index (χ1) is 18.7. The van der Waals surface area contributed by atoms with Crippen LogP contribution in [0.15, 0.2) is 85.0 Å². The molecule has 0 heterocycles. The highest BCUT2D eigenvalue weighted by Gasteiger charge is 2.12. The van der Waals surface area contributed by atoms with E-state index in [2.05, 4.69) is 13.2 Å². The maximum atomic E-state index is 14.6. The molecule has 3 rings (SSSR count). The lowest BCUT2D eigenvalue weighted by Crippen LogP contribution is -2.12. The molecule has 8 heteroatoms. The number of methoxy groups -OCH3 is 1. The summed E-state index contributed by atoms with van der Waals surface area (Å²) in [7, 11) is 1.59. The molecule has 3 aromatic rings. The zero-order chi connectivity index (χ0) is 28.4. The van der Waals surface area contributed by atoms with Gasteiger partial charge in [-0.1, -0.05) is 43.5 Å². The number of esters is 2. The number of hydrogen-bond acceptors (Lipinski definition) is 7. The Morgan fingerprint density at radius 2 is 1.23 bits per heavy atom. The van der Waals surface area contributed by atoms with E-state index in [-0.39, 0.29) is 24.5 Å². The first-order valence-electron chi connectivity index (χ1n) is 12.2. The summed E-state index contributed by atoms with van der Waals surface area (Å²) in [4.78, 5) is 23.3. The minimum atomic E-state index is -0.685. The standard InChI is InChI=1S/C31H31FO7/c1-20(2)30(33)38-15-14-37-27-17-25(16-26(19-27)36-13-12-35-5)23-8-6-22(7-9-23)24-10-11-29(28(32)18-24)39-31(34)21(3)4/h6-11,16-19H,1,3,12-15H2,2,4-5H3. The van der Waals surface area contributed by atoms with Crippen LogP contribution in [0, 0.1) is 5.82 Å². The molecule has 3 aromatic carbocycles. The Bertz CT molecular complexity index is 1350. The molecule has 0 N–H and O–H groups in total. The zero-order valence-corrected chi connectivity index (χ0v) is 22.3. The van der Waals surface area contributed by atoms with Crippen molar-refractivity contribution < 1.29 is 37.7 Å². The van der Waals surface area contributed by atoms with Crippen molar-refractivity contribution in [3.63, 3.8) is 0 Å². The summed E-state index contributed by atoms with van der Waals surface area (Å²) in [6.07, 6.45) is 0. The van der Waals surface area contributed by atoms with Gasteiger partial charge in [0.15, 0.2) is 11.6 Å². The normalized spacial score (nSPS) is 10.5. The molecule has 0 fully saturated rings. The topological polar surface area (TPSA) is 80.3 Å². The number of carbonyl (C=O) groups excluding carboxylic acids is 2. The Balaban J connectivity index is 1.78. The molecule has 0 saturated heterocycles. The van der Waals surface area contributed by atoms with Gasteiger partial charge in [-0.2, -0.15) is 0 Å². The van der Waals surface area contributed by atoms with Crippen LogP contribution in [-0.2, 0) is 19.1 Å². The average Bonchev–Trinajstić information content (AvgIpc) is 2.92. The highest BCUT2D eigenvalue weighted by Crippen LogP contribution is 2.32. The van der Waals surface area contributed by atoms with E-state index in [9.17, 15) is 14.0 Å². The Morgan fingerprint density at radius 1 is 0.692 bits per heavy atom. The van der Waals surface area contributed by atoms with E-state index in [1.54, 1.807) is 26.2 Å². The van der Waals surface area contributed by atoms with E-state index in [0.717, 1.165) is 16.7 Å². The molecule has 39 heavy (non-hydrogen) atoms. The van der Waals surface area contributed by atoms with Gasteiger partial charge in [0.1, 0.15) is 31.3 Å². The summed E-state index contributed by atoms with van der Waals surface area (Å²) in [6, 6.07) is 17.4. The Labute approximate surface area is 227 Å². The van der Waals surface area contributed by atoms with Crippen LogP contribution in [0.2, 0.25) is 0 Å². The minimum absolute atomic E-state index is 0.0756. The van der Waals surface area contributed by atoms with E-state index in [4.69, 9.17) is 23.7 Å². The zero-order valence-electron chi connectivity index (χ0n) is 22.3. The van der Waals surface area contributed by atoms with Crippen molar-refractivity contribution in [1.29, 1.82) is 0 Å². The molecule has 0 unspecified atom stereocenters. The second-order valence-corrected chi connectivity index (χ2v) is 8.69. The maximum absolute atomic E-state index is 14.6. The molecule has 0 aliphatic rings. The van der Waals surface area contributed by atoms with Gasteiger partial charge in [-0.15, -0.1) is 0 Å². The summed E-state index contributed by atoms with van der Waals surface area (Å²) < 4.78 is 41.3. The third kappa shape index (κ3) is 8.55. The fraction of sp³-hybridized carbons (Fsp3) is 0.226. The first-order valence-corrected chi connectivity index (χ1v) is 12.2. The molecular weight excluding hydrogens is 503 g/mol. The number of hydrogen-bond donors (Lipinski definition) is 0. The van der Waals surface area contributed by atoms with E-state index in [1.807, 2.05) is 36.4 Å². The lowest BCUT2D eigenvalue weighted by molar-refractivity contribution is -0.139. The Hall–Kier alpha value is -4.43. The largest absolute Gasteiger partial charge is 0.491 e. The van der Waals surface area contributed by atoms with Crippen molar-refractivity contribution in [2.75, 3.05) is 33.5 Å². The summed E-state index contributed by atoms with van der Waals surface area (Å²) in [5.41, 5.74) is 3.61. The third-order valence-electron chi connectivity index (χ3n) is 5.40. The number of rotatable bonds is 13. The molecule has 0 atom stereocenters. The first kappa shape index (κ1) is 29.1. The molecule has 0 aromatic heterocycles. The fourth-order valence-electron chi connectivity index (χ4n) is 3.37. The molecule has 0 bridgehead atoms. The molecule has 0 spiro atoms. The number of carbonyl (C=O) groups is 2. The monoisotopic (exact) mass is 534 g/mol. The SMILES string of the molecule is C=C(C)C(=O)OCCOc1cc(OCCOC)cc(-c2ccc(-c3ccc(OC(=O)C(=C)C)c(F)c3)cc2)c1. The Morgan fingerprint density at radius 3 is 1.77 bits per heavy atom.